The summed E-state index contributed by atoms with van der Waals surface area (Å²) in [6.45, 7) is 10.7. The van der Waals surface area contributed by atoms with Crippen molar-refractivity contribution < 1.29 is 4.79 Å². The van der Waals surface area contributed by atoms with Gasteiger partial charge in [0.1, 0.15) is 6.29 Å². The van der Waals surface area contributed by atoms with E-state index in [1.165, 1.54) is 6.42 Å². The maximum Gasteiger partial charge on any atom is 0.139 e. The molecule has 1 rings (SSSR count). The van der Waals surface area contributed by atoms with Crippen LogP contribution in [0.25, 0.3) is 0 Å². The van der Waals surface area contributed by atoms with Gasteiger partial charge in [0.2, 0.25) is 0 Å². The van der Waals surface area contributed by atoms with Gasteiger partial charge in [0.15, 0.2) is 0 Å². The molecule has 0 aromatic carbocycles. The number of hydrogen-bond acceptors (Lipinski definition) is 2. The van der Waals surface area contributed by atoms with Crippen LogP contribution in [-0.4, -0.2) is 29.8 Å². The Labute approximate surface area is 81.3 Å². The lowest BCUT2D eigenvalue weighted by atomic mass is 9.86. The highest BCUT2D eigenvalue weighted by atomic mass is 16.1. The summed E-state index contributed by atoms with van der Waals surface area (Å²) in [5.74, 6) is 1.52. The second-order valence-electron chi connectivity index (χ2n) is 4.96. The minimum Gasteiger partial charge on any atom is -0.301 e. The average molecular weight is 183 g/mol. The maximum absolute atomic E-state index is 10.9. The van der Waals surface area contributed by atoms with E-state index in [1.54, 1.807) is 0 Å². The van der Waals surface area contributed by atoms with E-state index in [4.69, 9.17) is 0 Å². The van der Waals surface area contributed by atoms with Gasteiger partial charge in [-0.25, -0.2) is 0 Å². The fourth-order valence-corrected chi connectivity index (χ4v) is 1.86. The van der Waals surface area contributed by atoms with Gasteiger partial charge in [0, 0.05) is 6.54 Å². The smallest absolute Gasteiger partial charge is 0.139 e. The van der Waals surface area contributed by atoms with E-state index in [9.17, 15) is 4.79 Å². The van der Waals surface area contributed by atoms with Crippen molar-refractivity contribution in [2.24, 2.45) is 11.8 Å². The van der Waals surface area contributed by atoms with Gasteiger partial charge in [0.25, 0.3) is 0 Å². The highest BCUT2D eigenvalue weighted by molar-refractivity contribution is 5.62. The van der Waals surface area contributed by atoms with Crippen LogP contribution in [0.4, 0.5) is 0 Å². The zero-order valence-corrected chi connectivity index (χ0v) is 9.21. The third-order valence-corrected chi connectivity index (χ3v) is 3.44. The Balaban J connectivity index is 2.60. The van der Waals surface area contributed by atoms with Crippen LogP contribution in [0.15, 0.2) is 0 Å². The van der Waals surface area contributed by atoms with Gasteiger partial charge >= 0.3 is 0 Å². The van der Waals surface area contributed by atoms with Crippen molar-refractivity contribution in [1.29, 1.82) is 0 Å². The van der Waals surface area contributed by atoms with Gasteiger partial charge in [-0.15, -0.1) is 0 Å². The fourth-order valence-electron chi connectivity index (χ4n) is 1.86. The van der Waals surface area contributed by atoms with E-state index in [0.717, 1.165) is 25.3 Å². The molecular formula is C11H21NO. The molecule has 1 aliphatic heterocycles. The third kappa shape index (κ3) is 2.31. The lowest BCUT2D eigenvalue weighted by molar-refractivity contribution is -0.118. The van der Waals surface area contributed by atoms with Gasteiger partial charge in [-0.1, -0.05) is 13.8 Å². The first-order valence-electron chi connectivity index (χ1n) is 5.18. The molecule has 0 amide bonds. The predicted octanol–water partition coefficient (Wildman–Crippen LogP) is 1.94. The lowest BCUT2D eigenvalue weighted by Gasteiger charge is -2.42. The van der Waals surface area contributed by atoms with Crippen molar-refractivity contribution in [1.82, 2.24) is 4.90 Å². The molecule has 2 heteroatoms. The first-order chi connectivity index (χ1) is 5.97. The molecule has 0 spiro atoms. The SMILES string of the molecule is CC1CCN(C(C)(C)C=O)CC1C. The molecule has 0 aliphatic carbocycles. The minimum atomic E-state index is -0.269. The molecule has 76 valence electrons. The first-order valence-corrected chi connectivity index (χ1v) is 5.18. The van der Waals surface area contributed by atoms with Crippen molar-refractivity contribution in [3.8, 4) is 0 Å². The summed E-state index contributed by atoms with van der Waals surface area (Å²) in [4.78, 5) is 13.2. The summed E-state index contributed by atoms with van der Waals surface area (Å²) < 4.78 is 0. The Kier molecular flexibility index (Phi) is 3.12. The quantitative estimate of drug-likeness (QED) is 0.610. The number of carbonyl (C=O) groups excluding carboxylic acids is 1. The summed E-state index contributed by atoms with van der Waals surface area (Å²) in [5, 5.41) is 0. The number of hydrogen-bond donors (Lipinski definition) is 0. The molecule has 13 heavy (non-hydrogen) atoms. The van der Waals surface area contributed by atoms with Crippen LogP contribution in [0, 0.1) is 11.8 Å². The molecule has 0 aromatic rings. The molecule has 0 saturated carbocycles. The molecule has 1 saturated heterocycles. The molecule has 1 fully saturated rings. The van der Waals surface area contributed by atoms with E-state index < -0.39 is 0 Å². The molecule has 1 heterocycles. The number of likely N-dealkylation sites (tertiary alicyclic amines) is 1. The molecule has 2 nitrogen and oxygen atoms in total. The van der Waals surface area contributed by atoms with Crippen molar-refractivity contribution >= 4 is 6.29 Å². The summed E-state index contributed by atoms with van der Waals surface area (Å²) in [5.41, 5.74) is -0.269. The van der Waals surface area contributed by atoms with E-state index in [1.807, 2.05) is 13.8 Å². The molecule has 0 aromatic heterocycles. The third-order valence-electron chi connectivity index (χ3n) is 3.44. The number of carbonyl (C=O) groups is 1. The fraction of sp³-hybridized carbons (Fsp3) is 0.909. The predicted molar refractivity (Wildman–Crippen MR) is 54.7 cm³/mol. The summed E-state index contributed by atoms with van der Waals surface area (Å²) in [6, 6.07) is 0. The van der Waals surface area contributed by atoms with Crippen LogP contribution in [0.5, 0.6) is 0 Å². The van der Waals surface area contributed by atoms with E-state index in [0.29, 0.717) is 5.92 Å². The maximum atomic E-state index is 10.9. The Morgan fingerprint density at radius 2 is 1.92 bits per heavy atom. The molecule has 1 aliphatic rings. The number of piperidine rings is 1. The van der Waals surface area contributed by atoms with Gasteiger partial charge in [-0.05, 0) is 38.6 Å². The Hall–Kier alpha value is -0.370. The largest absolute Gasteiger partial charge is 0.301 e. The number of rotatable bonds is 2. The van der Waals surface area contributed by atoms with Crippen LogP contribution in [0.2, 0.25) is 0 Å². The van der Waals surface area contributed by atoms with Crippen molar-refractivity contribution in [2.45, 2.75) is 39.7 Å². The Morgan fingerprint density at radius 1 is 1.31 bits per heavy atom. The summed E-state index contributed by atoms with van der Waals surface area (Å²) >= 11 is 0. The second kappa shape index (κ2) is 3.79. The van der Waals surface area contributed by atoms with Crippen molar-refractivity contribution in [2.75, 3.05) is 13.1 Å². The number of aldehydes is 1. The van der Waals surface area contributed by atoms with Gasteiger partial charge in [-0.3, -0.25) is 4.90 Å². The van der Waals surface area contributed by atoms with Crippen molar-refractivity contribution in [3.05, 3.63) is 0 Å². The standard InChI is InChI=1S/C11H21NO/c1-9-5-6-12(7-10(9)2)11(3,4)8-13/h8-10H,5-7H2,1-4H3. The van der Waals surface area contributed by atoms with Gasteiger partial charge in [0.05, 0.1) is 5.54 Å². The topological polar surface area (TPSA) is 20.3 Å². The zero-order valence-electron chi connectivity index (χ0n) is 9.21. The average Bonchev–Trinajstić information content (AvgIpc) is 2.09. The van der Waals surface area contributed by atoms with Crippen LogP contribution in [0.3, 0.4) is 0 Å². The van der Waals surface area contributed by atoms with Crippen LogP contribution in [0.1, 0.15) is 34.1 Å². The number of nitrogens with zero attached hydrogens (tertiary/aromatic N) is 1. The van der Waals surface area contributed by atoms with E-state index >= 15 is 0 Å². The van der Waals surface area contributed by atoms with E-state index in [-0.39, 0.29) is 5.54 Å². The Bertz CT molecular complexity index is 189. The van der Waals surface area contributed by atoms with Crippen LogP contribution in [-0.2, 0) is 4.79 Å². The molecule has 2 atom stereocenters. The van der Waals surface area contributed by atoms with E-state index in [2.05, 4.69) is 18.7 Å². The van der Waals surface area contributed by atoms with Gasteiger partial charge < -0.3 is 4.79 Å². The molecule has 2 unspecified atom stereocenters. The molecule has 0 bridgehead atoms. The van der Waals surface area contributed by atoms with Crippen molar-refractivity contribution in [3.63, 3.8) is 0 Å². The highest BCUT2D eigenvalue weighted by Crippen LogP contribution is 2.26. The second-order valence-corrected chi connectivity index (χ2v) is 4.96. The molecule has 0 N–H and O–H groups in total. The van der Waals surface area contributed by atoms with Gasteiger partial charge in [-0.2, -0.15) is 0 Å². The van der Waals surface area contributed by atoms with Crippen LogP contribution < -0.4 is 0 Å². The monoisotopic (exact) mass is 183 g/mol. The molecular weight excluding hydrogens is 162 g/mol. The highest BCUT2D eigenvalue weighted by Gasteiger charge is 2.32. The zero-order chi connectivity index (χ0) is 10.1. The van der Waals surface area contributed by atoms with Crippen LogP contribution >= 0.6 is 0 Å². The molecule has 0 radical (unpaired) electrons. The summed E-state index contributed by atoms with van der Waals surface area (Å²) in [6.07, 6.45) is 2.29. The lowest BCUT2D eigenvalue weighted by Crippen LogP contribution is -2.51. The summed E-state index contributed by atoms with van der Waals surface area (Å²) in [7, 11) is 0. The minimum absolute atomic E-state index is 0.269. The first kappa shape index (κ1) is 10.7. The normalized spacial score (nSPS) is 31.7. The Morgan fingerprint density at radius 3 is 2.38 bits per heavy atom.